The number of nitrogens with zero attached hydrogens (tertiary/aromatic N) is 1. The topological polar surface area (TPSA) is 21.7 Å². The zero-order valence-corrected chi connectivity index (χ0v) is 17.2. The summed E-state index contributed by atoms with van der Waals surface area (Å²) >= 11 is 3.56. The molecule has 0 unspecified atom stereocenters. The third-order valence-corrected chi connectivity index (χ3v) is 6.39. The highest BCUT2D eigenvalue weighted by Crippen LogP contribution is 2.39. The van der Waals surface area contributed by atoms with Gasteiger partial charge in [0, 0.05) is 35.0 Å². The van der Waals surface area contributed by atoms with E-state index in [1.165, 1.54) is 26.5 Å². The lowest BCUT2D eigenvalue weighted by Crippen LogP contribution is -2.24. The quantitative estimate of drug-likeness (QED) is 0.527. The van der Waals surface area contributed by atoms with Crippen molar-refractivity contribution in [3.8, 4) is 22.6 Å². The second kappa shape index (κ2) is 8.38. The first-order valence-corrected chi connectivity index (χ1v) is 11.1. The second-order valence-corrected chi connectivity index (χ2v) is 8.45. The number of ether oxygens (including phenoxy) is 2. The SMILES string of the molecule is COc1cc(-c2ccc(SC)cc2)cc2c1OCCN(Cc1cccs1)C2. The van der Waals surface area contributed by atoms with Crippen LogP contribution in [0.2, 0.25) is 0 Å². The van der Waals surface area contributed by atoms with Gasteiger partial charge in [-0.05, 0) is 53.1 Å². The van der Waals surface area contributed by atoms with Crippen molar-refractivity contribution in [3.63, 3.8) is 0 Å². The number of hydrogen-bond acceptors (Lipinski definition) is 5. The molecular formula is C22H23NO2S2. The smallest absolute Gasteiger partial charge is 0.165 e. The fraction of sp³-hybridized carbons (Fsp3) is 0.273. The Labute approximate surface area is 168 Å². The molecule has 0 amide bonds. The standard InChI is InChI=1S/C22H23NO2S2/c1-24-21-13-17(16-5-7-19(26-2)8-6-16)12-18-14-23(9-10-25-22(18)21)15-20-4-3-11-27-20/h3-8,11-13H,9-10,14-15H2,1-2H3. The van der Waals surface area contributed by atoms with Crippen LogP contribution >= 0.6 is 23.1 Å². The molecule has 4 rings (SSSR count). The number of methoxy groups -OCH3 is 1. The van der Waals surface area contributed by atoms with Crippen LogP contribution in [0.5, 0.6) is 11.5 Å². The van der Waals surface area contributed by atoms with Crippen molar-refractivity contribution >= 4 is 23.1 Å². The molecule has 27 heavy (non-hydrogen) atoms. The molecule has 0 bridgehead atoms. The largest absolute Gasteiger partial charge is 0.493 e. The van der Waals surface area contributed by atoms with Crippen molar-refractivity contribution in [3.05, 3.63) is 64.4 Å². The van der Waals surface area contributed by atoms with Crippen LogP contribution in [0, 0.1) is 0 Å². The molecule has 0 atom stereocenters. The monoisotopic (exact) mass is 397 g/mol. The van der Waals surface area contributed by atoms with Crippen molar-refractivity contribution in [2.75, 3.05) is 26.5 Å². The summed E-state index contributed by atoms with van der Waals surface area (Å²) in [7, 11) is 1.72. The molecule has 0 radical (unpaired) electrons. The van der Waals surface area contributed by atoms with Crippen LogP contribution in [0.1, 0.15) is 10.4 Å². The van der Waals surface area contributed by atoms with Crippen LogP contribution in [-0.4, -0.2) is 31.4 Å². The van der Waals surface area contributed by atoms with E-state index in [1.54, 1.807) is 30.2 Å². The highest BCUT2D eigenvalue weighted by atomic mass is 32.2. The Morgan fingerprint density at radius 3 is 2.70 bits per heavy atom. The van der Waals surface area contributed by atoms with Gasteiger partial charge in [-0.3, -0.25) is 4.90 Å². The van der Waals surface area contributed by atoms with Gasteiger partial charge in [-0.15, -0.1) is 23.1 Å². The number of rotatable bonds is 5. The molecule has 3 aromatic rings. The lowest BCUT2D eigenvalue weighted by atomic mass is 10.0. The van der Waals surface area contributed by atoms with Crippen molar-refractivity contribution in [1.29, 1.82) is 0 Å². The van der Waals surface area contributed by atoms with Crippen LogP contribution in [0.4, 0.5) is 0 Å². The first kappa shape index (κ1) is 18.4. The molecule has 1 aliphatic heterocycles. The first-order chi connectivity index (χ1) is 13.3. The van der Waals surface area contributed by atoms with Gasteiger partial charge in [-0.2, -0.15) is 0 Å². The number of thiophene rings is 1. The number of thioether (sulfide) groups is 1. The molecule has 5 heteroatoms. The normalized spacial score (nSPS) is 14.3. The predicted molar refractivity (Wildman–Crippen MR) is 114 cm³/mol. The minimum atomic E-state index is 0.677. The number of benzene rings is 2. The third-order valence-electron chi connectivity index (χ3n) is 4.78. The van der Waals surface area contributed by atoms with Gasteiger partial charge in [0.15, 0.2) is 11.5 Å². The Hall–Kier alpha value is -1.95. The minimum Gasteiger partial charge on any atom is -0.493 e. The van der Waals surface area contributed by atoms with E-state index in [9.17, 15) is 0 Å². The summed E-state index contributed by atoms with van der Waals surface area (Å²) in [4.78, 5) is 5.10. The van der Waals surface area contributed by atoms with E-state index >= 15 is 0 Å². The van der Waals surface area contributed by atoms with Gasteiger partial charge in [0.25, 0.3) is 0 Å². The molecule has 2 aromatic carbocycles. The maximum atomic E-state index is 6.08. The average molecular weight is 398 g/mol. The van der Waals surface area contributed by atoms with Gasteiger partial charge in [-0.25, -0.2) is 0 Å². The van der Waals surface area contributed by atoms with Gasteiger partial charge >= 0.3 is 0 Å². The van der Waals surface area contributed by atoms with E-state index in [4.69, 9.17) is 9.47 Å². The van der Waals surface area contributed by atoms with Crippen LogP contribution in [0.25, 0.3) is 11.1 Å². The van der Waals surface area contributed by atoms with Crippen LogP contribution in [-0.2, 0) is 13.1 Å². The fourth-order valence-corrected chi connectivity index (χ4v) is 4.55. The van der Waals surface area contributed by atoms with Crippen molar-refractivity contribution in [1.82, 2.24) is 4.90 Å². The van der Waals surface area contributed by atoms with Gasteiger partial charge in [0.1, 0.15) is 6.61 Å². The molecule has 140 valence electrons. The Kier molecular flexibility index (Phi) is 5.72. The van der Waals surface area contributed by atoms with Gasteiger partial charge in [0.05, 0.1) is 7.11 Å². The van der Waals surface area contributed by atoms with Crippen molar-refractivity contribution in [2.24, 2.45) is 0 Å². The lowest BCUT2D eigenvalue weighted by molar-refractivity contribution is 0.218. The Morgan fingerprint density at radius 1 is 1.15 bits per heavy atom. The summed E-state index contributed by atoms with van der Waals surface area (Å²) in [5, 5.41) is 2.14. The molecule has 0 aliphatic carbocycles. The van der Waals surface area contributed by atoms with Crippen molar-refractivity contribution in [2.45, 2.75) is 18.0 Å². The summed E-state index contributed by atoms with van der Waals surface area (Å²) in [5.74, 6) is 1.70. The zero-order valence-electron chi connectivity index (χ0n) is 15.6. The molecule has 0 spiro atoms. The maximum absolute atomic E-state index is 6.08. The van der Waals surface area contributed by atoms with Crippen LogP contribution in [0.3, 0.4) is 0 Å². The summed E-state index contributed by atoms with van der Waals surface area (Å²) in [6.45, 7) is 3.40. The summed E-state index contributed by atoms with van der Waals surface area (Å²) in [5.41, 5.74) is 3.55. The number of hydrogen-bond donors (Lipinski definition) is 0. The number of fused-ring (bicyclic) bond motifs is 1. The van der Waals surface area contributed by atoms with Crippen LogP contribution < -0.4 is 9.47 Å². The highest BCUT2D eigenvalue weighted by molar-refractivity contribution is 7.98. The predicted octanol–water partition coefficient (Wildman–Crippen LogP) is 5.54. The van der Waals surface area contributed by atoms with Crippen LogP contribution in [0.15, 0.2) is 58.8 Å². The fourth-order valence-electron chi connectivity index (χ4n) is 3.40. The van der Waals surface area contributed by atoms with E-state index in [1.807, 2.05) is 0 Å². The summed E-state index contributed by atoms with van der Waals surface area (Å²) < 4.78 is 11.8. The molecule has 3 nitrogen and oxygen atoms in total. The molecule has 0 saturated carbocycles. The second-order valence-electron chi connectivity index (χ2n) is 6.53. The summed E-state index contributed by atoms with van der Waals surface area (Å²) in [6.07, 6.45) is 2.10. The molecular weight excluding hydrogens is 374 g/mol. The van der Waals surface area contributed by atoms with Gasteiger partial charge in [-0.1, -0.05) is 18.2 Å². The van der Waals surface area contributed by atoms with E-state index in [0.29, 0.717) is 6.61 Å². The van der Waals surface area contributed by atoms with E-state index < -0.39 is 0 Å². The Bertz CT molecular complexity index is 891. The molecule has 2 heterocycles. The molecule has 0 fully saturated rings. The maximum Gasteiger partial charge on any atom is 0.165 e. The highest BCUT2D eigenvalue weighted by Gasteiger charge is 2.21. The molecule has 0 N–H and O–H groups in total. The van der Waals surface area contributed by atoms with E-state index in [0.717, 1.165) is 31.1 Å². The molecule has 1 aromatic heterocycles. The summed E-state index contributed by atoms with van der Waals surface area (Å²) in [6, 6.07) is 17.3. The first-order valence-electron chi connectivity index (χ1n) is 8.99. The van der Waals surface area contributed by atoms with Crippen molar-refractivity contribution < 1.29 is 9.47 Å². The molecule has 1 aliphatic rings. The Balaban J connectivity index is 1.67. The minimum absolute atomic E-state index is 0.677. The van der Waals surface area contributed by atoms with Gasteiger partial charge in [0.2, 0.25) is 0 Å². The van der Waals surface area contributed by atoms with E-state index in [-0.39, 0.29) is 0 Å². The molecule has 0 saturated heterocycles. The zero-order chi connectivity index (χ0) is 18.6. The third kappa shape index (κ3) is 4.15. The Morgan fingerprint density at radius 2 is 2.00 bits per heavy atom. The van der Waals surface area contributed by atoms with Gasteiger partial charge < -0.3 is 9.47 Å². The lowest BCUT2D eigenvalue weighted by Gasteiger charge is -2.19. The average Bonchev–Trinajstić information content (AvgIpc) is 3.13. The van der Waals surface area contributed by atoms with E-state index in [2.05, 4.69) is 65.1 Å².